The van der Waals surface area contributed by atoms with E-state index in [1.54, 1.807) is 11.8 Å². The van der Waals surface area contributed by atoms with E-state index in [9.17, 15) is 18.0 Å². The third kappa shape index (κ3) is 4.64. The molecule has 3 heterocycles. The van der Waals surface area contributed by atoms with Crippen molar-refractivity contribution in [2.45, 2.75) is 18.6 Å². The third-order valence-electron chi connectivity index (χ3n) is 4.87. The lowest BCUT2D eigenvalue weighted by Gasteiger charge is -2.16. The average Bonchev–Trinajstić information content (AvgIpc) is 3.44. The van der Waals surface area contributed by atoms with Crippen LogP contribution in [-0.2, 0) is 6.18 Å². The molecule has 1 atom stereocenters. The van der Waals surface area contributed by atoms with Crippen LogP contribution in [0.4, 0.5) is 13.2 Å². The number of aromatic nitrogens is 3. The number of halogens is 3. The molecule has 0 fully saturated rings. The number of thioether (sulfide) groups is 1. The minimum absolute atomic E-state index is 0.000356. The molecule has 1 aromatic carbocycles. The van der Waals surface area contributed by atoms with Crippen molar-refractivity contribution >= 4 is 23.3 Å². The zero-order valence-electron chi connectivity index (χ0n) is 17.0. The first-order valence-corrected chi connectivity index (χ1v) is 11.1. The molecule has 0 bridgehead atoms. The van der Waals surface area contributed by atoms with Gasteiger partial charge in [0.1, 0.15) is 5.76 Å². The van der Waals surface area contributed by atoms with Crippen LogP contribution in [0.5, 0.6) is 0 Å². The number of amides is 1. The third-order valence-corrected chi connectivity index (χ3v) is 5.52. The second kappa shape index (κ2) is 9.07. The summed E-state index contributed by atoms with van der Waals surface area (Å²) in [7, 11) is 0. The fraction of sp³-hybridized carbons (Fsp3) is 0.227. The van der Waals surface area contributed by atoms with Crippen molar-refractivity contribution in [2.75, 3.05) is 12.0 Å². The van der Waals surface area contributed by atoms with Gasteiger partial charge in [-0.3, -0.25) is 9.20 Å². The van der Waals surface area contributed by atoms with Crippen molar-refractivity contribution in [3.63, 3.8) is 0 Å². The maximum atomic E-state index is 13.0. The number of pyridine rings is 1. The number of nitrogens with zero attached hydrogens (tertiary/aromatic N) is 3. The number of benzene rings is 1. The Labute approximate surface area is 185 Å². The first kappa shape index (κ1) is 21.9. The number of alkyl halides is 3. The number of rotatable bonds is 7. The molecule has 10 heteroatoms. The van der Waals surface area contributed by atoms with Crippen LogP contribution in [0.3, 0.4) is 0 Å². The van der Waals surface area contributed by atoms with Crippen LogP contribution in [0.2, 0.25) is 0 Å². The summed E-state index contributed by atoms with van der Waals surface area (Å²) in [6.07, 6.45) is -0.0612. The maximum absolute atomic E-state index is 13.0. The molecule has 0 aliphatic heterocycles. The van der Waals surface area contributed by atoms with Gasteiger partial charge in [0.25, 0.3) is 5.91 Å². The Morgan fingerprint density at radius 2 is 2.00 bits per heavy atom. The van der Waals surface area contributed by atoms with Crippen molar-refractivity contribution in [3.8, 4) is 11.3 Å². The van der Waals surface area contributed by atoms with Gasteiger partial charge in [-0.25, -0.2) is 0 Å². The molecule has 4 rings (SSSR count). The molecule has 0 radical (unpaired) electrons. The average molecular weight is 460 g/mol. The zero-order valence-corrected chi connectivity index (χ0v) is 17.8. The molecule has 3 aromatic heterocycles. The predicted molar refractivity (Wildman–Crippen MR) is 115 cm³/mol. The second-order valence-electron chi connectivity index (χ2n) is 7.04. The lowest BCUT2D eigenvalue weighted by Crippen LogP contribution is -2.30. The molecule has 0 spiro atoms. The molecule has 4 aromatic rings. The molecule has 0 aliphatic rings. The summed E-state index contributed by atoms with van der Waals surface area (Å²) >= 11 is 1.64. The molecule has 1 unspecified atom stereocenters. The van der Waals surface area contributed by atoms with Gasteiger partial charge in [0.15, 0.2) is 17.2 Å². The summed E-state index contributed by atoms with van der Waals surface area (Å²) in [4.78, 5) is 12.9. The summed E-state index contributed by atoms with van der Waals surface area (Å²) in [6.45, 7) is 0. The van der Waals surface area contributed by atoms with Crippen molar-refractivity contribution < 1.29 is 22.4 Å². The molecule has 6 nitrogen and oxygen atoms in total. The standard InChI is InChI=1S/C22H19F3N4O2S/c1-32-12-10-16(20-28-27-19-7-2-3-11-29(19)20)26-21(30)18-9-8-17(31-18)14-5-4-6-15(13-14)22(23,24)25/h2-9,11,13,16H,10,12H2,1H3,(H,26,30). The zero-order chi connectivity index (χ0) is 22.7. The van der Waals surface area contributed by atoms with Gasteiger partial charge in [-0.05, 0) is 54.8 Å². The first-order valence-electron chi connectivity index (χ1n) is 9.74. The van der Waals surface area contributed by atoms with Crippen LogP contribution >= 0.6 is 11.8 Å². The number of hydrogen-bond acceptors (Lipinski definition) is 5. The van der Waals surface area contributed by atoms with E-state index >= 15 is 0 Å². The molecule has 1 N–H and O–H groups in total. The van der Waals surface area contributed by atoms with Crippen LogP contribution in [0, 0.1) is 0 Å². The summed E-state index contributed by atoms with van der Waals surface area (Å²) in [5, 5.41) is 11.3. The normalized spacial score (nSPS) is 12.8. The van der Waals surface area contributed by atoms with E-state index in [2.05, 4.69) is 15.5 Å². The topological polar surface area (TPSA) is 72.4 Å². The van der Waals surface area contributed by atoms with Crippen LogP contribution < -0.4 is 5.32 Å². The lowest BCUT2D eigenvalue weighted by molar-refractivity contribution is -0.137. The molecular formula is C22H19F3N4O2S. The highest BCUT2D eigenvalue weighted by atomic mass is 32.2. The van der Waals surface area contributed by atoms with E-state index in [1.165, 1.54) is 24.3 Å². The molecule has 0 aliphatic carbocycles. The van der Waals surface area contributed by atoms with E-state index in [-0.39, 0.29) is 17.1 Å². The Balaban J connectivity index is 1.57. The van der Waals surface area contributed by atoms with E-state index in [0.29, 0.717) is 17.9 Å². The minimum Gasteiger partial charge on any atom is -0.451 e. The number of nitrogens with one attached hydrogen (secondary N) is 1. The van der Waals surface area contributed by atoms with Gasteiger partial charge >= 0.3 is 6.18 Å². The van der Waals surface area contributed by atoms with Crippen LogP contribution in [0.1, 0.15) is 34.4 Å². The highest BCUT2D eigenvalue weighted by molar-refractivity contribution is 7.98. The monoisotopic (exact) mass is 460 g/mol. The van der Waals surface area contributed by atoms with E-state index in [4.69, 9.17) is 4.42 Å². The summed E-state index contributed by atoms with van der Waals surface area (Å²) in [6, 6.07) is 12.8. The van der Waals surface area contributed by atoms with Gasteiger partial charge < -0.3 is 9.73 Å². The number of hydrogen-bond donors (Lipinski definition) is 1. The predicted octanol–water partition coefficient (Wildman–Crippen LogP) is 5.23. The summed E-state index contributed by atoms with van der Waals surface area (Å²) < 4.78 is 46.4. The fourth-order valence-electron chi connectivity index (χ4n) is 3.29. The second-order valence-corrected chi connectivity index (χ2v) is 8.02. The van der Waals surface area contributed by atoms with E-state index in [1.807, 2.05) is 35.1 Å². The highest BCUT2D eigenvalue weighted by Crippen LogP contribution is 2.32. The first-order chi connectivity index (χ1) is 15.4. The molecule has 1 amide bonds. The molecule has 166 valence electrons. The van der Waals surface area contributed by atoms with Gasteiger partial charge in [-0.15, -0.1) is 10.2 Å². The number of fused-ring (bicyclic) bond motifs is 1. The number of furan rings is 1. The Morgan fingerprint density at radius 1 is 1.16 bits per heavy atom. The van der Waals surface area contributed by atoms with Crippen molar-refractivity contribution in [1.29, 1.82) is 0 Å². The molecule has 0 saturated heterocycles. The molecular weight excluding hydrogens is 441 g/mol. The van der Waals surface area contributed by atoms with Crippen molar-refractivity contribution in [3.05, 3.63) is 77.9 Å². The summed E-state index contributed by atoms with van der Waals surface area (Å²) in [5.74, 6) is 1.06. The van der Waals surface area contributed by atoms with E-state index in [0.717, 1.165) is 17.9 Å². The molecule has 0 saturated carbocycles. The highest BCUT2D eigenvalue weighted by Gasteiger charge is 2.31. The number of carbonyl (C=O) groups is 1. The smallest absolute Gasteiger partial charge is 0.416 e. The quantitative estimate of drug-likeness (QED) is 0.409. The van der Waals surface area contributed by atoms with Crippen molar-refractivity contribution in [1.82, 2.24) is 19.9 Å². The largest absolute Gasteiger partial charge is 0.451 e. The maximum Gasteiger partial charge on any atom is 0.416 e. The fourth-order valence-corrected chi connectivity index (χ4v) is 3.76. The van der Waals surface area contributed by atoms with Crippen molar-refractivity contribution in [2.24, 2.45) is 0 Å². The SMILES string of the molecule is CSCCC(NC(=O)c1ccc(-c2cccc(C(F)(F)F)c2)o1)c1nnc2ccccn12. The number of carbonyl (C=O) groups excluding carboxylic acids is 1. The Bertz CT molecular complexity index is 1240. The Morgan fingerprint density at radius 3 is 2.78 bits per heavy atom. The minimum atomic E-state index is -4.46. The van der Waals surface area contributed by atoms with Gasteiger partial charge in [0.2, 0.25) is 0 Å². The van der Waals surface area contributed by atoms with Crippen LogP contribution in [0.25, 0.3) is 17.0 Å². The molecule has 32 heavy (non-hydrogen) atoms. The Hall–Kier alpha value is -3.27. The van der Waals surface area contributed by atoms with Gasteiger partial charge in [0.05, 0.1) is 11.6 Å². The van der Waals surface area contributed by atoms with Gasteiger partial charge in [-0.1, -0.05) is 18.2 Å². The van der Waals surface area contributed by atoms with Gasteiger partial charge in [0, 0.05) is 11.8 Å². The van der Waals surface area contributed by atoms with E-state index < -0.39 is 23.7 Å². The lowest BCUT2D eigenvalue weighted by atomic mass is 10.1. The summed E-state index contributed by atoms with van der Waals surface area (Å²) in [5.41, 5.74) is 0.116. The van der Waals surface area contributed by atoms with Crippen LogP contribution in [0.15, 0.2) is 65.2 Å². The van der Waals surface area contributed by atoms with Gasteiger partial charge in [-0.2, -0.15) is 24.9 Å². The Kier molecular flexibility index (Phi) is 6.22. The van der Waals surface area contributed by atoms with Crippen LogP contribution in [-0.4, -0.2) is 32.5 Å².